The van der Waals surface area contributed by atoms with Crippen LogP contribution in [-0.2, 0) is 17.9 Å². The molecule has 0 saturated heterocycles. The van der Waals surface area contributed by atoms with Gasteiger partial charge >= 0.3 is 0 Å². The first-order valence-corrected chi connectivity index (χ1v) is 10.5. The summed E-state index contributed by atoms with van der Waals surface area (Å²) in [6.07, 6.45) is 0. The molecule has 162 valence electrons. The number of nitrogens with zero attached hydrogens (tertiary/aromatic N) is 1. The lowest BCUT2D eigenvalue weighted by atomic mass is 10.0. The van der Waals surface area contributed by atoms with Crippen LogP contribution in [0.2, 0.25) is 0 Å². The molecule has 3 rings (SSSR count). The minimum absolute atomic E-state index is 0.0288. The van der Waals surface area contributed by atoms with Gasteiger partial charge in [0.15, 0.2) is 11.5 Å². The van der Waals surface area contributed by atoms with Crippen LogP contribution in [0.1, 0.15) is 29.7 Å². The smallest absolute Gasteiger partial charge is 0.242 e. The predicted octanol–water partition coefficient (Wildman–Crippen LogP) is 4.58. The van der Waals surface area contributed by atoms with Crippen molar-refractivity contribution in [2.45, 2.75) is 26.1 Å². The van der Waals surface area contributed by atoms with Gasteiger partial charge in [0.2, 0.25) is 5.91 Å². The molecule has 0 aliphatic heterocycles. The number of ether oxygens (including phenoxy) is 2. The first kappa shape index (κ1) is 22.4. The molecule has 1 N–H and O–H groups in total. The molecule has 5 nitrogen and oxygen atoms in total. The number of carbonyl (C=O) groups is 1. The molecule has 3 aromatic rings. The summed E-state index contributed by atoms with van der Waals surface area (Å²) in [7, 11) is 3.58. The molecule has 0 fully saturated rings. The maximum absolute atomic E-state index is 13.0. The Kier molecular flexibility index (Phi) is 8.07. The molecule has 5 heteroatoms. The van der Waals surface area contributed by atoms with E-state index in [1.165, 1.54) is 0 Å². The Morgan fingerprint density at radius 3 is 2.26 bits per heavy atom. The SMILES string of the molecule is CCN(C)C(C(=O)NCc1ccc(OCc2ccccc2)c(OC)c1)c1ccccc1. The van der Waals surface area contributed by atoms with Crippen LogP contribution in [0.25, 0.3) is 0 Å². The van der Waals surface area contributed by atoms with E-state index < -0.39 is 0 Å². The van der Waals surface area contributed by atoms with Crippen LogP contribution in [0.15, 0.2) is 78.9 Å². The molecule has 0 spiro atoms. The van der Waals surface area contributed by atoms with Gasteiger partial charge in [-0.2, -0.15) is 0 Å². The van der Waals surface area contributed by atoms with E-state index in [0.717, 1.165) is 23.2 Å². The number of carbonyl (C=O) groups excluding carboxylic acids is 1. The van der Waals surface area contributed by atoms with Crippen LogP contribution < -0.4 is 14.8 Å². The average molecular weight is 419 g/mol. The van der Waals surface area contributed by atoms with E-state index in [9.17, 15) is 4.79 Å². The first-order chi connectivity index (χ1) is 15.1. The maximum atomic E-state index is 13.0. The standard InChI is InChI=1S/C26H30N2O3/c1-4-28(2)25(22-13-9-6-10-14-22)26(29)27-18-21-15-16-23(24(17-21)30-3)31-19-20-11-7-5-8-12-20/h5-17,25H,4,18-19H2,1-3H3,(H,27,29). The number of methoxy groups -OCH3 is 1. The molecule has 1 unspecified atom stereocenters. The summed E-state index contributed by atoms with van der Waals surface area (Å²) in [6.45, 7) is 3.70. The fourth-order valence-electron chi connectivity index (χ4n) is 3.39. The molecule has 31 heavy (non-hydrogen) atoms. The lowest BCUT2D eigenvalue weighted by molar-refractivity contribution is -0.126. The van der Waals surface area contributed by atoms with Crippen molar-refractivity contribution in [3.8, 4) is 11.5 Å². The lowest BCUT2D eigenvalue weighted by Gasteiger charge is -2.26. The number of rotatable bonds is 10. The lowest BCUT2D eigenvalue weighted by Crippen LogP contribution is -2.38. The van der Waals surface area contributed by atoms with Gasteiger partial charge < -0.3 is 14.8 Å². The zero-order chi connectivity index (χ0) is 22.1. The second-order valence-electron chi connectivity index (χ2n) is 7.36. The van der Waals surface area contributed by atoms with Crippen molar-refractivity contribution in [2.75, 3.05) is 20.7 Å². The van der Waals surface area contributed by atoms with Crippen LogP contribution in [0, 0.1) is 0 Å². The van der Waals surface area contributed by atoms with Crippen molar-refractivity contribution in [2.24, 2.45) is 0 Å². The Morgan fingerprint density at radius 2 is 1.61 bits per heavy atom. The van der Waals surface area contributed by atoms with E-state index in [2.05, 4.69) is 5.32 Å². The Labute approximate surface area is 184 Å². The van der Waals surface area contributed by atoms with Crippen LogP contribution in [0.3, 0.4) is 0 Å². The molecular formula is C26H30N2O3. The highest BCUT2D eigenvalue weighted by molar-refractivity contribution is 5.83. The van der Waals surface area contributed by atoms with Gasteiger partial charge in [-0.05, 0) is 42.4 Å². The van der Waals surface area contributed by atoms with E-state index in [0.29, 0.717) is 24.7 Å². The van der Waals surface area contributed by atoms with Crippen molar-refractivity contribution in [3.63, 3.8) is 0 Å². The quantitative estimate of drug-likeness (QED) is 0.523. The molecule has 0 heterocycles. The monoisotopic (exact) mass is 418 g/mol. The molecule has 1 atom stereocenters. The van der Waals surface area contributed by atoms with Crippen molar-refractivity contribution in [1.29, 1.82) is 0 Å². The maximum Gasteiger partial charge on any atom is 0.242 e. The highest BCUT2D eigenvalue weighted by atomic mass is 16.5. The van der Waals surface area contributed by atoms with Gasteiger partial charge in [-0.3, -0.25) is 9.69 Å². The fraction of sp³-hybridized carbons (Fsp3) is 0.269. The summed E-state index contributed by atoms with van der Waals surface area (Å²) in [5, 5.41) is 3.06. The minimum Gasteiger partial charge on any atom is -0.493 e. The Balaban J connectivity index is 1.65. The van der Waals surface area contributed by atoms with Gasteiger partial charge in [0, 0.05) is 6.54 Å². The summed E-state index contributed by atoms with van der Waals surface area (Å²) in [5.41, 5.74) is 3.02. The topological polar surface area (TPSA) is 50.8 Å². The van der Waals surface area contributed by atoms with Crippen molar-refractivity contribution in [3.05, 3.63) is 95.6 Å². The minimum atomic E-state index is -0.332. The van der Waals surface area contributed by atoms with Gasteiger partial charge in [-0.15, -0.1) is 0 Å². The summed E-state index contributed by atoms with van der Waals surface area (Å²) < 4.78 is 11.4. The third kappa shape index (κ3) is 6.09. The highest BCUT2D eigenvalue weighted by Gasteiger charge is 2.23. The number of nitrogens with one attached hydrogen (secondary N) is 1. The van der Waals surface area contributed by atoms with E-state index in [-0.39, 0.29) is 11.9 Å². The number of amides is 1. The summed E-state index contributed by atoms with van der Waals surface area (Å²) in [4.78, 5) is 15.0. The van der Waals surface area contributed by atoms with Gasteiger partial charge in [0.05, 0.1) is 7.11 Å². The Hall–Kier alpha value is -3.31. The second kappa shape index (κ2) is 11.2. The first-order valence-electron chi connectivity index (χ1n) is 10.5. The third-order valence-electron chi connectivity index (χ3n) is 5.24. The fourth-order valence-corrected chi connectivity index (χ4v) is 3.39. The van der Waals surface area contributed by atoms with Crippen LogP contribution in [0.4, 0.5) is 0 Å². The molecule has 1 amide bonds. The third-order valence-corrected chi connectivity index (χ3v) is 5.24. The Morgan fingerprint density at radius 1 is 0.935 bits per heavy atom. The van der Waals surface area contributed by atoms with Crippen LogP contribution in [0.5, 0.6) is 11.5 Å². The number of likely N-dealkylation sites (N-methyl/N-ethyl adjacent to an activating group) is 1. The van der Waals surface area contributed by atoms with Gasteiger partial charge in [0.25, 0.3) is 0 Å². The van der Waals surface area contributed by atoms with E-state index >= 15 is 0 Å². The van der Waals surface area contributed by atoms with Crippen LogP contribution >= 0.6 is 0 Å². The molecule has 0 saturated carbocycles. The molecule has 0 aliphatic carbocycles. The zero-order valence-electron chi connectivity index (χ0n) is 18.4. The van der Waals surface area contributed by atoms with Crippen LogP contribution in [-0.4, -0.2) is 31.5 Å². The average Bonchev–Trinajstić information content (AvgIpc) is 2.83. The molecule has 0 radical (unpaired) electrons. The molecule has 3 aromatic carbocycles. The summed E-state index contributed by atoms with van der Waals surface area (Å²) in [5.74, 6) is 1.29. The van der Waals surface area contributed by atoms with Gasteiger partial charge in [0.1, 0.15) is 12.6 Å². The molecule has 0 aromatic heterocycles. The number of benzene rings is 3. The van der Waals surface area contributed by atoms with E-state index in [1.54, 1.807) is 7.11 Å². The van der Waals surface area contributed by atoms with E-state index in [1.807, 2.05) is 97.7 Å². The molecule has 0 aliphatic rings. The zero-order valence-corrected chi connectivity index (χ0v) is 18.4. The van der Waals surface area contributed by atoms with Crippen molar-refractivity contribution in [1.82, 2.24) is 10.2 Å². The van der Waals surface area contributed by atoms with Gasteiger partial charge in [-0.25, -0.2) is 0 Å². The van der Waals surface area contributed by atoms with Crippen molar-refractivity contribution < 1.29 is 14.3 Å². The molecule has 0 bridgehead atoms. The molecular weight excluding hydrogens is 388 g/mol. The Bertz CT molecular complexity index is 961. The number of hydrogen-bond acceptors (Lipinski definition) is 4. The number of hydrogen-bond donors (Lipinski definition) is 1. The predicted molar refractivity (Wildman–Crippen MR) is 123 cm³/mol. The normalized spacial score (nSPS) is 11.7. The summed E-state index contributed by atoms with van der Waals surface area (Å²) >= 11 is 0. The second-order valence-corrected chi connectivity index (χ2v) is 7.36. The summed E-state index contributed by atoms with van der Waals surface area (Å²) in [6, 6.07) is 25.2. The van der Waals surface area contributed by atoms with E-state index in [4.69, 9.17) is 9.47 Å². The van der Waals surface area contributed by atoms with Gasteiger partial charge in [-0.1, -0.05) is 73.7 Å². The highest BCUT2D eigenvalue weighted by Crippen LogP contribution is 2.29. The van der Waals surface area contributed by atoms with Crippen molar-refractivity contribution >= 4 is 5.91 Å². The largest absolute Gasteiger partial charge is 0.493 e.